The zero-order chi connectivity index (χ0) is 22.0. The number of carbonyl (C=O) groups excluding carboxylic acids is 1. The fourth-order valence-corrected chi connectivity index (χ4v) is 4.03. The lowest BCUT2D eigenvalue weighted by Gasteiger charge is -2.36. The number of halogens is 1. The lowest BCUT2D eigenvalue weighted by molar-refractivity contribution is 0.0600. The van der Waals surface area contributed by atoms with Crippen LogP contribution in [0.4, 0.5) is 5.95 Å². The van der Waals surface area contributed by atoms with Crippen LogP contribution < -0.4 is 4.90 Å². The lowest BCUT2D eigenvalue weighted by Crippen LogP contribution is -2.39. The molecule has 0 unspecified atom stereocenters. The second-order valence-corrected chi connectivity index (χ2v) is 8.36. The Bertz CT molecular complexity index is 1090. The van der Waals surface area contributed by atoms with E-state index in [1.54, 1.807) is 12.4 Å². The van der Waals surface area contributed by atoms with Crippen LogP contribution in [0.3, 0.4) is 0 Å². The number of hydrogen-bond acceptors (Lipinski definition) is 6. The number of benzene rings is 1. The van der Waals surface area contributed by atoms with Gasteiger partial charge in [0.15, 0.2) is 0 Å². The van der Waals surface area contributed by atoms with Gasteiger partial charge in [0.2, 0.25) is 5.95 Å². The number of hydrogen-bond donors (Lipinski definition) is 0. The van der Waals surface area contributed by atoms with E-state index in [1.807, 2.05) is 61.3 Å². The van der Waals surface area contributed by atoms with E-state index in [4.69, 9.17) is 16.6 Å². The van der Waals surface area contributed by atoms with E-state index in [9.17, 15) is 4.79 Å². The molecule has 7 nitrogen and oxygen atoms in total. The fraction of sp³-hybridized carbons (Fsp3) is 0.348. The van der Waals surface area contributed by atoms with E-state index in [-0.39, 0.29) is 11.9 Å². The first-order valence-corrected chi connectivity index (χ1v) is 10.7. The largest absolute Gasteiger partial charge is 0.347 e. The van der Waals surface area contributed by atoms with Crippen molar-refractivity contribution in [3.63, 3.8) is 0 Å². The third kappa shape index (κ3) is 4.51. The molecule has 1 atom stereocenters. The second kappa shape index (κ2) is 8.98. The van der Waals surface area contributed by atoms with Crippen molar-refractivity contribution >= 4 is 23.5 Å². The standard InChI is InChI=1S/C23H25ClN6O/c1-15-12-26-19(14-25-15)22(31)30-10-5-4-9-20(30)21-18(13-27-23(28-21)29(2)3)16-7-6-8-17(24)11-16/h6-8,11-14,20H,4-5,9-10H2,1-3H3/t20-/m0/s1. The van der Waals surface area contributed by atoms with Crippen LogP contribution in [0.25, 0.3) is 11.1 Å². The van der Waals surface area contributed by atoms with Gasteiger partial charge >= 0.3 is 0 Å². The number of rotatable bonds is 4. The van der Waals surface area contributed by atoms with Crippen molar-refractivity contribution in [2.45, 2.75) is 32.2 Å². The van der Waals surface area contributed by atoms with E-state index in [2.05, 4.69) is 15.0 Å². The quantitative estimate of drug-likeness (QED) is 0.606. The summed E-state index contributed by atoms with van der Waals surface area (Å²) in [6.45, 7) is 2.50. The van der Waals surface area contributed by atoms with Crippen LogP contribution in [0, 0.1) is 6.92 Å². The third-order valence-electron chi connectivity index (χ3n) is 5.42. The summed E-state index contributed by atoms with van der Waals surface area (Å²) in [7, 11) is 3.81. The van der Waals surface area contributed by atoms with Crippen molar-refractivity contribution in [1.82, 2.24) is 24.8 Å². The van der Waals surface area contributed by atoms with Crippen molar-refractivity contribution in [3.05, 3.63) is 65.0 Å². The summed E-state index contributed by atoms with van der Waals surface area (Å²) in [5, 5.41) is 0.645. The van der Waals surface area contributed by atoms with Crippen molar-refractivity contribution in [2.75, 3.05) is 25.5 Å². The van der Waals surface area contributed by atoms with E-state index in [1.165, 1.54) is 0 Å². The highest BCUT2D eigenvalue weighted by atomic mass is 35.5. The first-order valence-electron chi connectivity index (χ1n) is 10.3. The SMILES string of the molecule is Cc1cnc(C(=O)N2CCCC[C@H]2c2nc(N(C)C)ncc2-c2cccc(Cl)c2)cn1. The van der Waals surface area contributed by atoms with Crippen LogP contribution in [0.2, 0.25) is 5.02 Å². The van der Waals surface area contributed by atoms with E-state index in [0.29, 0.717) is 23.2 Å². The van der Waals surface area contributed by atoms with Gasteiger partial charge in [-0.15, -0.1) is 0 Å². The van der Waals surface area contributed by atoms with Crippen molar-refractivity contribution in [3.8, 4) is 11.1 Å². The number of carbonyl (C=O) groups is 1. The molecule has 1 aliphatic heterocycles. The average molecular weight is 437 g/mol. The Kier molecular flexibility index (Phi) is 6.13. The van der Waals surface area contributed by atoms with E-state index >= 15 is 0 Å². The van der Waals surface area contributed by atoms with Crippen molar-refractivity contribution < 1.29 is 4.79 Å². The van der Waals surface area contributed by atoms with Crippen LogP contribution in [0.5, 0.6) is 0 Å². The van der Waals surface area contributed by atoms with Gasteiger partial charge < -0.3 is 9.80 Å². The molecule has 0 aliphatic carbocycles. The van der Waals surface area contributed by atoms with E-state index < -0.39 is 0 Å². The van der Waals surface area contributed by atoms with Crippen LogP contribution >= 0.6 is 11.6 Å². The smallest absolute Gasteiger partial charge is 0.274 e. The molecule has 8 heteroatoms. The van der Waals surface area contributed by atoms with Crippen molar-refractivity contribution in [1.29, 1.82) is 0 Å². The molecule has 160 valence electrons. The molecular weight excluding hydrogens is 412 g/mol. The van der Waals surface area contributed by atoms with Gasteiger partial charge in [-0.05, 0) is 43.9 Å². The minimum Gasteiger partial charge on any atom is -0.347 e. The maximum absolute atomic E-state index is 13.4. The van der Waals surface area contributed by atoms with Gasteiger partial charge in [0, 0.05) is 43.6 Å². The number of piperidine rings is 1. The molecular formula is C23H25ClN6O. The number of amides is 1. The Hall–Kier alpha value is -3.06. The molecule has 1 saturated heterocycles. The maximum atomic E-state index is 13.4. The number of nitrogens with zero attached hydrogens (tertiary/aromatic N) is 6. The summed E-state index contributed by atoms with van der Waals surface area (Å²) in [5.41, 5.74) is 3.77. The minimum absolute atomic E-state index is 0.126. The second-order valence-electron chi connectivity index (χ2n) is 7.93. The molecule has 3 aromatic rings. The highest BCUT2D eigenvalue weighted by Crippen LogP contribution is 2.37. The number of aryl methyl sites for hydroxylation is 1. The molecule has 1 aliphatic rings. The van der Waals surface area contributed by atoms with Crippen LogP contribution in [-0.2, 0) is 0 Å². The normalized spacial score (nSPS) is 16.3. The highest BCUT2D eigenvalue weighted by Gasteiger charge is 2.33. The predicted molar refractivity (Wildman–Crippen MR) is 121 cm³/mol. The zero-order valence-electron chi connectivity index (χ0n) is 17.9. The molecule has 0 spiro atoms. The van der Waals surface area contributed by atoms with Gasteiger partial charge in [0.25, 0.3) is 5.91 Å². The average Bonchev–Trinajstić information content (AvgIpc) is 2.78. The summed E-state index contributed by atoms with van der Waals surface area (Å²) >= 11 is 6.26. The van der Waals surface area contributed by atoms with Crippen LogP contribution in [0.15, 0.2) is 42.9 Å². The number of aromatic nitrogens is 4. The van der Waals surface area contributed by atoms with Gasteiger partial charge in [-0.2, -0.15) is 0 Å². The molecule has 1 amide bonds. The molecule has 0 saturated carbocycles. The van der Waals surface area contributed by atoms with Crippen LogP contribution in [-0.4, -0.2) is 51.4 Å². The Morgan fingerprint density at radius 1 is 1.13 bits per heavy atom. The summed E-state index contributed by atoms with van der Waals surface area (Å²) < 4.78 is 0. The Morgan fingerprint density at radius 2 is 1.97 bits per heavy atom. The monoisotopic (exact) mass is 436 g/mol. The van der Waals surface area contributed by atoms with Gasteiger partial charge in [-0.3, -0.25) is 9.78 Å². The summed E-state index contributed by atoms with van der Waals surface area (Å²) in [4.78, 5) is 35.1. The molecule has 4 rings (SSSR count). The molecule has 0 bridgehead atoms. The first kappa shape index (κ1) is 21.2. The number of likely N-dealkylation sites (tertiary alicyclic amines) is 1. The van der Waals surface area contributed by atoms with Crippen molar-refractivity contribution in [2.24, 2.45) is 0 Å². The maximum Gasteiger partial charge on any atom is 0.274 e. The van der Waals surface area contributed by atoms with E-state index in [0.717, 1.165) is 41.8 Å². The molecule has 0 N–H and O–H groups in total. The van der Waals surface area contributed by atoms with Gasteiger partial charge in [-0.1, -0.05) is 23.7 Å². The topological polar surface area (TPSA) is 75.1 Å². The van der Waals surface area contributed by atoms with Gasteiger partial charge in [-0.25, -0.2) is 15.0 Å². The molecule has 0 radical (unpaired) electrons. The number of anilines is 1. The summed E-state index contributed by atoms with van der Waals surface area (Å²) in [6, 6.07) is 7.46. The third-order valence-corrected chi connectivity index (χ3v) is 5.66. The highest BCUT2D eigenvalue weighted by molar-refractivity contribution is 6.30. The molecule has 1 fully saturated rings. The predicted octanol–water partition coefficient (Wildman–Crippen LogP) is 4.33. The lowest BCUT2D eigenvalue weighted by atomic mass is 9.93. The van der Waals surface area contributed by atoms with Gasteiger partial charge in [0.1, 0.15) is 5.69 Å². The summed E-state index contributed by atoms with van der Waals surface area (Å²) in [6.07, 6.45) is 7.78. The Balaban J connectivity index is 1.80. The minimum atomic E-state index is -0.181. The molecule has 2 aromatic heterocycles. The Labute approximate surface area is 187 Å². The van der Waals surface area contributed by atoms with Crippen LogP contribution in [0.1, 0.15) is 47.2 Å². The molecule has 3 heterocycles. The zero-order valence-corrected chi connectivity index (χ0v) is 18.7. The summed E-state index contributed by atoms with van der Waals surface area (Å²) in [5.74, 6) is 0.480. The van der Waals surface area contributed by atoms with Gasteiger partial charge in [0.05, 0.1) is 23.6 Å². The fourth-order valence-electron chi connectivity index (χ4n) is 3.84. The Morgan fingerprint density at radius 3 is 2.68 bits per heavy atom. The first-order chi connectivity index (χ1) is 14.9. The molecule has 31 heavy (non-hydrogen) atoms. The molecule has 1 aromatic carbocycles.